The second-order valence-corrected chi connectivity index (χ2v) is 16.1. The molecular formula is C56H42FIrN3O-2. The molecule has 3 heterocycles. The molecule has 0 amide bonds. The number of furan rings is 1. The Bertz CT molecular complexity index is 3360. The molecule has 0 saturated carbocycles. The Kier molecular flexibility index (Phi) is 11.1. The maximum absolute atomic E-state index is 13.2. The van der Waals surface area contributed by atoms with Crippen molar-refractivity contribution in [2.24, 2.45) is 0 Å². The molecular weight excluding hydrogens is 942 g/mol. The van der Waals surface area contributed by atoms with Crippen LogP contribution in [0.15, 0.2) is 174 Å². The Morgan fingerprint density at radius 2 is 1.29 bits per heavy atom. The Labute approximate surface area is 374 Å². The van der Waals surface area contributed by atoms with Gasteiger partial charge in [-0.1, -0.05) is 135 Å². The largest absolute Gasteiger partial charge is 0.501 e. The number of fused-ring (bicyclic) bond motifs is 7. The predicted molar refractivity (Wildman–Crippen MR) is 250 cm³/mol. The summed E-state index contributed by atoms with van der Waals surface area (Å²) in [4.78, 5) is 9.37. The van der Waals surface area contributed by atoms with E-state index in [9.17, 15) is 4.39 Å². The summed E-state index contributed by atoms with van der Waals surface area (Å²) < 4.78 is 22.4. The van der Waals surface area contributed by atoms with Crippen LogP contribution >= 0.6 is 0 Å². The Hall–Kier alpha value is -6.72. The van der Waals surface area contributed by atoms with Crippen LogP contribution in [-0.2, 0) is 20.1 Å². The first-order valence-corrected chi connectivity index (χ1v) is 20.8. The molecule has 11 aromatic rings. The van der Waals surface area contributed by atoms with Crippen molar-refractivity contribution < 1.29 is 28.9 Å². The van der Waals surface area contributed by atoms with Gasteiger partial charge in [0.05, 0.1) is 22.4 Å². The van der Waals surface area contributed by atoms with Crippen LogP contribution in [0.5, 0.6) is 0 Å². The molecule has 0 aliphatic heterocycles. The van der Waals surface area contributed by atoms with Gasteiger partial charge in [-0.2, -0.15) is 0 Å². The first-order valence-electron chi connectivity index (χ1n) is 20.8. The molecule has 0 aliphatic rings. The first kappa shape index (κ1) is 40.7. The topological polar surface area (TPSA) is 43.9 Å². The number of nitrogens with zero attached hydrogens (tertiary/aromatic N) is 3. The number of hydrogen-bond acceptors (Lipinski definition) is 3. The predicted octanol–water partition coefficient (Wildman–Crippen LogP) is 15.3. The van der Waals surface area contributed by atoms with Gasteiger partial charge in [0.25, 0.3) is 0 Å². The average molecular weight is 984 g/mol. The number of imidazole rings is 1. The summed E-state index contributed by atoms with van der Waals surface area (Å²) in [6.07, 6.45) is 1.63. The molecule has 0 bridgehead atoms. The van der Waals surface area contributed by atoms with Gasteiger partial charge in [0.1, 0.15) is 5.58 Å². The van der Waals surface area contributed by atoms with E-state index in [-0.39, 0.29) is 37.8 Å². The molecule has 11 rings (SSSR count). The number of aromatic nitrogens is 3. The summed E-state index contributed by atoms with van der Waals surface area (Å²) >= 11 is 0. The van der Waals surface area contributed by atoms with Crippen molar-refractivity contribution in [1.29, 1.82) is 0 Å². The van der Waals surface area contributed by atoms with Crippen LogP contribution in [0.25, 0.3) is 94.0 Å². The molecule has 1 radical (unpaired) electrons. The van der Waals surface area contributed by atoms with Gasteiger partial charge in [0.2, 0.25) is 0 Å². The van der Waals surface area contributed by atoms with Gasteiger partial charge >= 0.3 is 0 Å². The van der Waals surface area contributed by atoms with Crippen LogP contribution in [0.2, 0.25) is 0 Å². The van der Waals surface area contributed by atoms with Gasteiger partial charge in [0.15, 0.2) is 0 Å². The number of benzene rings is 8. The van der Waals surface area contributed by atoms with Crippen LogP contribution in [-0.4, -0.2) is 14.5 Å². The summed E-state index contributed by atoms with van der Waals surface area (Å²) in [5.74, 6) is 1.11. The molecule has 0 unspecified atom stereocenters. The number of para-hydroxylation sites is 2. The van der Waals surface area contributed by atoms with Crippen LogP contribution in [0.4, 0.5) is 4.39 Å². The maximum atomic E-state index is 13.2. The molecule has 8 aromatic carbocycles. The van der Waals surface area contributed by atoms with Gasteiger partial charge in [-0.25, -0.2) is 0 Å². The number of halogens is 1. The maximum Gasteiger partial charge on any atom is 0.121 e. The zero-order valence-corrected chi connectivity index (χ0v) is 37.2. The Balaban J connectivity index is 0.000000300. The smallest absolute Gasteiger partial charge is 0.121 e. The fourth-order valence-corrected chi connectivity index (χ4v) is 8.57. The minimum Gasteiger partial charge on any atom is -0.501 e. The molecule has 0 atom stereocenters. The van der Waals surface area contributed by atoms with E-state index in [0.717, 1.165) is 44.4 Å². The van der Waals surface area contributed by atoms with Crippen LogP contribution in [0, 0.1) is 17.9 Å². The minimum absolute atomic E-state index is 0. The molecule has 0 saturated heterocycles. The number of pyridine rings is 1. The van der Waals surface area contributed by atoms with E-state index in [0.29, 0.717) is 11.3 Å². The quantitative estimate of drug-likeness (QED) is 0.123. The molecule has 0 fully saturated rings. The van der Waals surface area contributed by atoms with E-state index in [1.807, 2.05) is 12.1 Å². The second-order valence-electron chi connectivity index (χ2n) is 16.1. The molecule has 0 aliphatic carbocycles. The van der Waals surface area contributed by atoms with Crippen molar-refractivity contribution in [3.63, 3.8) is 0 Å². The monoisotopic (exact) mass is 984 g/mol. The van der Waals surface area contributed by atoms with E-state index in [4.69, 9.17) is 9.40 Å². The van der Waals surface area contributed by atoms with Crippen LogP contribution in [0.3, 0.4) is 0 Å². The van der Waals surface area contributed by atoms with Crippen molar-refractivity contribution in [3.8, 4) is 39.5 Å². The summed E-state index contributed by atoms with van der Waals surface area (Å²) in [6.45, 7) is 9.15. The zero-order chi connectivity index (χ0) is 41.6. The third kappa shape index (κ3) is 7.30. The molecule has 3 aromatic heterocycles. The Morgan fingerprint density at radius 1 is 0.581 bits per heavy atom. The van der Waals surface area contributed by atoms with E-state index in [1.54, 1.807) is 30.5 Å². The summed E-state index contributed by atoms with van der Waals surface area (Å²) in [7, 11) is 0. The normalized spacial score (nSPS) is 11.5. The third-order valence-corrected chi connectivity index (χ3v) is 11.6. The van der Waals surface area contributed by atoms with Crippen molar-refractivity contribution in [2.75, 3.05) is 0 Å². The molecule has 0 N–H and O–H groups in total. The molecule has 6 heteroatoms. The van der Waals surface area contributed by atoms with Crippen molar-refractivity contribution >= 4 is 54.5 Å². The van der Waals surface area contributed by atoms with Gasteiger partial charge < -0.3 is 14.0 Å². The van der Waals surface area contributed by atoms with Crippen LogP contribution < -0.4 is 0 Å². The van der Waals surface area contributed by atoms with Gasteiger partial charge in [-0.3, -0.25) is 9.37 Å². The number of hydrogen-bond donors (Lipinski definition) is 0. The van der Waals surface area contributed by atoms with Crippen molar-refractivity contribution in [2.45, 2.75) is 39.5 Å². The van der Waals surface area contributed by atoms with Gasteiger partial charge in [0, 0.05) is 43.2 Å². The first-order chi connectivity index (χ1) is 29.8. The SMILES string of the molecule is CC(C)c1cc(-c2ccccc2)cc(C(C)C)c1-n1c(-c2[c-]ccc3c2oc2cc4c(ccc5ccccc54)cc23)nc2ccccc21.Fc1ccc[c-]c1-c1ccccn1.[Ir]. The van der Waals surface area contributed by atoms with E-state index in [1.165, 1.54) is 55.6 Å². The molecule has 0 spiro atoms. The second kappa shape index (κ2) is 17.0. The fourth-order valence-electron chi connectivity index (χ4n) is 8.57. The van der Waals surface area contributed by atoms with E-state index < -0.39 is 0 Å². The zero-order valence-electron chi connectivity index (χ0n) is 34.8. The molecule has 62 heavy (non-hydrogen) atoms. The molecule has 4 nitrogen and oxygen atoms in total. The number of rotatable bonds is 6. The van der Waals surface area contributed by atoms with Gasteiger partial charge in [-0.15, -0.1) is 42.5 Å². The Morgan fingerprint density at radius 3 is 2.05 bits per heavy atom. The van der Waals surface area contributed by atoms with E-state index in [2.05, 4.69) is 171 Å². The van der Waals surface area contributed by atoms with Crippen molar-refractivity contribution in [3.05, 3.63) is 199 Å². The van der Waals surface area contributed by atoms with Gasteiger partial charge in [-0.05, 0) is 104 Å². The summed E-state index contributed by atoms with van der Waals surface area (Å²) in [6, 6.07) is 62.0. The summed E-state index contributed by atoms with van der Waals surface area (Å²) in [5.41, 5.74) is 11.8. The summed E-state index contributed by atoms with van der Waals surface area (Å²) in [5, 5.41) is 7.02. The molecule has 305 valence electrons. The van der Waals surface area contributed by atoms with E-state index >= 15 is 0 Å². The fraction of sp³-hybridized carbons (Fsp3) is 0.107. The minimum atomic E-state index is -0.291. The average Bonchev–Trinajstić information content (AvgIpc) is 3.87. The third-order valence-electron chi connectivity index (χ3n) is 11.6. The van der Waals surface area contributed by atoms with Crippen molar-refractivity contribution in [1.82, 2.24) is 14.5 Å². The van der Waals surface area contributed by atoms with Crippen LogP contribution in [0.1, 0.15) is 50.7 Å². The standard InChI is InChI=1S/C45H35N2O.C11H7FN.Ir/c1-27(2)36-24-32(29-13-6-5-7-14-29)25-37(28(3)4)43(36)47-41-20-11-10-19-40(41)46-45(47)35-18-12-17-34-39-23-31-22-21-30-15-8-9-16-33(30)38(31)26-42(39)48-44(34)35;12-10-6-2-1-5-9(10)11-7-3-4-8-13-11;/h5-17,19-28H,1-4H3;1-4,6-8H;/q2*-1;.